The van der Waals surface area contributed by atoms with E-state index >= 15 is 0 Å². The number of hydrogen-bond acceptors (Lipinski definition) is 4. The number of ether oxygens (including phenoxy) is 1. The summed E-state index contributed by atoms with van der Waals surface area (Å²) in [6, 6.07) is 3.07. The van der Waals surface area contributed by atoms with E-state index in [9.17, 15) is 19.5 Å². The minimum absolute atomic E-state index is 0.139. The molecule has 0 bridgehead atoms. The average molecular weight is 323 g/mol. The van der Waals surface area contributed by atoms with Gasteiger partial charge in [0, 0.05) is 12.6 Å². The molecule has 1 unspecified atom stereocenters. The molecule has 6 nitrogen and oxygen atoms in total. The molecule has 0 aliphatic heterocycles. The van der Waals surface area contributed by atoms with Crippen molar-refractivity contribution >= 4 is 17.8 Å². The second-order valence-corrected chi connectivity index (χ2v) is 7.04. The lowest BCUT2D eigenvalue weighted by Gasteiger charge is -2.20. The molecule has 1 aromatic heterocycles. The number of carboxylic acids is 1. The van der Waals surface area contributed by atoms with E-state index in [-0.39, 0.29) is 23.8 Å². The van der Waals surface area contributed by atoms with Crippen molar-refractivity contribution in [2.75, 3.05) is 0 Å². The molecule has 1 aromatic rings. The number of hydrogen-bond donors (Lipinski definition) is 1. The Morgan fingerprint density at radius 1 is 1.26 bits per heavy atom. The maximum Gasteiger partial charge on any atom is 0.419 e. The molecule has 1 N–H and O–H groups in total. The third kappa shape index (κ3) is 5.88. The molecule has 0 aromatic carbocycles. The summed E-state index contributed by atoms with van der Waals surface area (Å²) >= 11 is 0. The number of carbonyl (C=O) groups excluding carboxylic acids is 2. The van der Waals surface area contributed by atoms with E-state index in [0.29, 0.717) is 6.42 Å². The van der Waals surface area contributed by atoms with E-state index in [4.69, 9.17) is 4.74 Å². The van der Waals surface area contributed by atoms with Gasteiger partial charge in [0.1, 0.15) is 5.60 Å². The van der Waals surface area contributed by atoms with Gasteiger partial charge in [-0.15, -0.1) is 0 Å². The Hall–Kier alpha value is -2.11. The summed E-state index contributed by atoms with van der Waals surface area (Å²) in [7, 11) is 0. The lowest BCUT2D eigenvalue weighted by atomic mass is 9.92. The lowest BCUT2D eigenvalue weighted by molar-refractivity contribution is -0.142. The van der Waals surface area contributed by atoms with Gasteiger partial charge in [0.2, 0.25) is 0 Å². The molecule has 0 saturated carbocycles. The molecular weight excluding hydrogens is 298 g/mol. The van der Waals surface area contributed by atoms with Gasteiger partial charge in [-0.05, 0) is 45.2 Å². The zero-order chi connectivity index (χ0) is 17.8. The van der Waals surface area contributed by atoms with Crippen molar-refractivity contribution < 1.29 is 24.2 Å². The molecule has 0 aliphatic carbocycles. The number of nitrogens with zero attached hydrogens (tertiary/aromatic N) is 1. The van der Waals surface area contributed by atoms with E-state index in [0.717, 1.165) is 4.57 Å². The zero-order valence-corrected chi connectivity index (χ0v) is 14.3. The summed E-state index contributed by atoms with van der Waals surface area (Å²) in [4.78, 5) is 35.8. The normalized spacial score (nSPS) is 13.0. The second kappa shape index (κ2) is 7.44. The van der Waals surface area contributed by atoms with Crippen molar-refractivity contribution in [3.05, 3.63) is 24.0 Å². The number of carboxylic acid groups (broad SMARTS) is 1. The lowest BCUT2D eigenvalue weighted by Crippen LogP contribution is -2.29. The van der Waals surface area contributed by atoms with Crippen LogP contribution in [0.1, 0.15) is 57.9 Å². The predicted molar refractivity (Wildman–Crippen MR) is 85.6 cm³/mol. The van der Waals surface area contributed by atoms with Crippen LogP contribution in [0.25, 0.3) is 0 Å². The number of carbonyl (C=O) groups is 3. The largest absolute Gasteiger partial charge is 0.481 e. The summed E-state index contributed by atoms with van der Waals surface area (Å²) < 4.78 is 6.37. The Morgan fingerprint density at radius 3 is 2.35 bits per heavy atom. The first-order chi connectivity index (χ1) is 10.5. The number of Topliss-reactive ketones (excluding diaryl/α,β-unsaturated/α-hetero) is 1. The van der Waals surface area contributed by atoms with Crippen LogP contribution in [0, 0.1) is 11.8 Å². The quantitative estimate of drug-likeness (QED) is 0.809. The molecule has 0 radical (unpaired) electrons. The fourth-order valence-corrected chi connectivity index (χ4v) is 2.25. The van der Waals surface area contributed by atoms with Crippen molar-refractivity contribution in [1.82, 2.24) is 4.57 Å². The zero-order valence-electron chi connectivity index (χ0n) is 14.3. The predicted octanol–water partition coefficient (Wildman–Crippen LogP) is 3.59. The highest BCUT2D eigenvalue weighted by molar-refractivity contribution is 5.99. The average Bonchev–Trinajstić information content (AvgIpc) is 2.84. The van der Waals surface area contributed by atoms with Crippen LogP contribution >= 0.6 is 0 Å². The summed E-state index contributed by atoms with van der Waals surface area (Å²) in [5.74, 6) is -1.97. The van der Waals surface area contributed by atoms with E-state index in [1.165, 1.54) is 12.3 Å². The maximum absolute atomic E-state index is 12.4. The topological polar surface area (TPSA) is 85.6 Å². The monoisotopic (exact) mass is 323 g/mol. The standard InChI is InChI=1S/C17H25NO5/c1-11(2)9-12(15(20)21)10-14(19)13-7-6-8-18(13)16(22)23-17(3,4)5/h6-8,11-12H,9-10H2,1-5H3,(H,20,21). The van der Waals surface area contributed by atoms with E-state index in [2.05, 4.69) is 0 Å². The molecule has 6 heteroatoms. The van der Waals surface area contributed by atoms with Crippen LogP contribution in [-0.2, 0) is 9.53 Å². The number of aromatic nitrogens is 1. The van der Waals surface area contributed by atoms with Gasteiger partial charge < -0.3 is 9.84 Å². The van der Waals surface area contributed by atoms with Crippen LogP contribution in [0.5, 0.6) is 0 Å². The van der Waals surface area contributed by atoms with Gasteiger partial charge in [-0.3, -0.25) is 9.59 Å². The third-order valence-corrected chi connectivity index (χ3v) is 3.16. The molecule has 0 fully saturated rings. The van der Waals surface area contributed by atoms with Crippen molar-refractivity contribution in [2.24, 2.45) is 11.8 Å². The molecule has 23 heavy (non-hydrogen) atoms. The molecular formula is C17H25NO5. The molecule has 0 spiro atoms. The molecule has 128 valence electrons. The number of rotatable bonds is 6. The van der Waals surface area contributed by atoms with E-state index in [1.54, 1.807) is 26.8 Å². The van der Waals surface area contributed by atoms with Crippen molar-refractivity contribution in [3.8, 4) is 0 Å². The van der Waals surface area contributed by atoms with Crippen LogP contribution in [0.3, 0.4) is 0 Å². The van der Waals surface area contributed by atoms with E-state index < -0.39 is 23.6 Å². The van der Waals surface area contributed by atoms with Crippen LogP contribution in [0.15, 0.2) is 18.3 Å². The highest BCUT2D eigenvalue weighted by Crippen LogP contribution is 2.20. The second-order valence-electron chi connectivity index (χ2n) is 7.04. The summed E-state index contributed by atoms with van der Waals surface area (Å²) in [6.07, 6.45) is 1.07. The maximum atomic E-state index is 12.4. The fraction of sp³-hybridized carbons (Fsp3) is 0.588. The Kier molecular flexibility index (Phi) is 6.12. The Labute approximate surface area is 136 Å². The van der Waals surface area contributed by atoms with Gasteiger partial charge in [-0.2, -0.15) is 0 Å². The summed E-state index contributed by atoms with van der Waals surface area (Å²) in [6.45, 7) is 9.02. The number of ketones is 1. The molecule has 0 aliphatic rings. The summed E-state index contributed by atoms with van der Waals surface area (Å²) in [5.41, 5.74) is -0.530. The SMILES string of the molecule is CC(C)CC(CC(=O)c1cccn1C(=O)OC(C)(C)C)C(=O)O. The molecule has 1 rings (SSSR count). The molecule has 1 heterocycles. The highest BCUT2D eigenvalue weighted by Gasteiger charge is 2.26. The minimum atomic E-state index is -0.998. The van der Waals surface area contributed by atoms with Gasteiger partial charge in [0.05, 0.1) is 11.6 Å². The Balaban J connectivity index is 2.91. The third-order valence-electron chi connectivity index (χ3n) is 3.16. The Morgan fingerprint density at radius 2 is 1.87 bits per heavy atom. The first-order valence-electron chi connectivity index (χ1n) is 7.68. The smallest absolute Gasteiger partial charge is 0.419 e. The molecule has 0 saturated heterocycles. The molecule has 0 amide bonds. The van der Waals surface area contributed by atoms with Gasteiger partial charge >= 0.3 is 12.1 Å². The first-order valence-corrected chi connectivity index (χ1v) is 7.68. The Bertz CT molecular complexity index is 580. The van der Waals surface area contributed by atoms with Crippen molar-refractivity contribution in [2.45, 2.75) is 53.1 Å². The summed E-state index contributed by atoms with van der Waals surface area (Å²) in [5, 5.41) is 9.25. The van der Waals surface area contributed by atoms with Gasteiger partial charge in [0.15, 0.2) is 5.78 Å². The fourth-order valence-electron chi connectivity index (χ4n) is 2.25. The van der Waals surface area contributed by atoms with Crippen LogP contribution < -0.4 is 0 Å². The van der Waals surface area contributed by atoms with Gasteiger partial charge in [0.25, 0.3) is 0 Å². The number of aliphatic carboxylic acids is 1. The van der Waals surface area contributed by atoms with Crippen molar-refractivity contribution in [1.29, 1.82) is 0 Å². The highest BCUT2D eigenvalue weighted by atomic mass is 16.6. The van der Waals surface area contributed by atoms with E-state index in [1.807, 2.05) is 13.8 Å². The van der Waals surface area contributed by atoms with Crippen molar-refractivity contribution in [3.63, 3.8) is 0 Å². The van der Waals surface area contributed by atoms with Gasteiger partial charge in [-0.1, -0.05) is 13.8 Å². The van der Waals surface area contributed by atoms with Crippen LogP contribution in [-0.4, -0.2) is 33.1 Å². The minimum Gasteiger partial charge on any atom is -0.481 e. The first kappa shape index (κ1) is 18.9. The van der Waals surface area contributed by atoms with Crippen LogP contribution in [0.2, 0.25) is 0 Å². The van der Waals surface area contributed by atoms with Gasteiger partial charge in [-0.25, -0.2) is 9.36 Å². The van der Waals surface area contributed by atoms with Crippen LogP contribution in [0.4, 0.5) is 4.79 Å². The molecule has 1 atom stereocenters.